The molecular weight excluding hydrogens is 236 g/mol. The van der Waals surface area contributed by atoms with Gasteiger partial charge in [-0.2, -0.15) is 0 Å². The SMILES string of the molecule is CC(C)c1cccc(C=O)c1OCc1ccccc1. The third-order valence-electron chi connectivity index (χ3n) is 3.05. The number of benzene rings is 2. The number of ether oxygens (including phenoxy) is 1. The summed E-state index contributed by atoms with van der Waals surface area (Å²) in [6, 6.07) is 15.7. The van der Waals surface area contributed by atoms with E-state index in [4.69, 9.17) is 4.74 Å². The number of aldehydes is 1. The van der Waals surface area contributed by atoms with Crippen LogP contribution in [-0.2, 0) is 6.61 Å². The molecule has 2 rings (SSSR count). The lowest BCUT2D eigenvalue weighted by Gasteiger charge is -2.15. The van der Waals surface area contributed by atoms with Crippen molar-refractivity contribution in [3.63, 3.8) is 0 Å². The highest BCUT2D eigenvalue weighted by molar-refractivity contribution is 5.80. The van der Waals surface area contributed by atoms with Gasteiger partial charge in [0.25, 0.3) is 0 Å². The summed E-state index contributed by atoms with van der Waals surface area (Å²) in [6.45, 7) is 4.67. The third-order valence-corrected chi connectivity index (χ3v) is 3.05. The first-order valence-electron chi connectivity index (χ1n) is 6.47. The Morgan fingerprint density at radius 1 is 1.05 bits per heavy atom. The molecule has 0 atom stereocenters. The van der Waals surface area contributed by atoms with Crippen LogP contribution < -0.4 is 4.74 Å². The lowest BCUT2D eigenvalue weighted by atomic mass is 9.99. The molecule has 2 nitrogen and oxygen atoms in total. The highest BCUT2D eigenvalue weighted by atomic mass is 16.5. The Balaban J connectivity index is 2.25. The molecule has 0 fully saturated rings. The monoisotopic (exact) mass is 254 g/mol. The van der Waals surface area contributed by atoms with E-state index in [1.807, 2.05) is 42.5 Å². The first-order chi connectivity index (χ1) is 9.22. The molecule has 0 radical (unpaired) electrons. The predicted molar refractivity (Wildman–Crippen MR) is 76.7 cm³/mol. The van der Waals surface area contributed by atoms with Crippen LogP contribution >= 0.6 is 0 Å². The van der Waals surface area contributed by atoms with E-state index in [2.05, 4.69) is 13.8 Å². The van der Waals surface area contributed by atoms with Gasteiger partial charge in [-0.15, -0.1) is 0 Å². The van der Waals surface area contributed by atoms with Crippen molar-refractivity contribution in [2.45, 2.75) is 26.4 Å². The van der Waals surface area contributed by atoms with E-state index >= 15 is 0 Å². The summed E-state index contributed by atoms with van der Waals surface area (Å²) in [6.07, 6.45) is 0.853. The van der Waals surface area contributed by atoms with Gasteiger partial charge in [-0.3, -0.25) is 4.79 Å². The molecule has 19 heavy (non-hydrogen) atoms. The van der Waals surface area contributed by atoms with Crippen molar-refractivity contribution in [1.29, 1.82) is 0 Å². The zero-order valence-electron chi connectivity index (χ0n) is 11.3. The van der Waals surface area contributed by atoms with Crippen LogP contribution in [0.3, 0.4) is 0 Å². The molecule has 2 aromatic rings. The van der Waals surface area contributed by atoms with E-state index in [0.717, 1.165) is 17.4 Å². The molecule has 0 aliphatic heterocycles. The van der Waals surface area contributed by atoms with Gasteiger partial charge < -0.3 is 4.74 Å². The summed E-state index contributed by atoms with van der Waals surface area (Å²) in [5.74, 6) is 1.03. The second-order valence-corrected chi connectivity index (χ2v) is 4.81. The molecule has 0 saturated carbocycles. The van der Waals surface area contributed by atoms with Crippen molar-refractivity contribution < 1.29 is 9.53 Å². The lowest BCUT2D eigenvalue weighted by molar-refractivity contribution is 0.111. The summed E-state index contributed by atoms with van der Waals surface area (Å²) < 4.78 is 5.88. The minimum Gasteiger partial charge on any atom is -0.488 e. The Morgan fingerprint density at radius 3 is 2.42 bits per heavy atom. The van der Waals surface area contributed by atoms with Crippen molar-refractivity contribution in [2.24, 2.45) is 0 Å². The average molecular weight is 254 g/mol. The number of carbonyl (C=O) groups is 1. The van der Waals surface area contributed by atoms with E-state index in [-0.39, 0.29) is 0 Å². The topological polar surface area (TPSA) is 26.3 Å². The third kappa shape index (κ3) is 3.22. The molecule has 0 spiro atoms. The molecule has 0 saturated heterocycles. The number of rotatable bonds is 5. The number of para-hydroxylation sites is 1. The Kier molecular flexibility index (Phi) is 4.35. The molecule has 0 amide bonds. The summed E-state index contributed by atoms with van der Waals surface area (Å²) in [7, 11) is 0. The van der Waals surface area contributed by atoms with Crippen molar-refractivity contribution in [2.75, 3.05) is 0 Å². The van der Waals surface area contributed by atoms with Gasteiger partial charge in [0, 0.05) is 0 Å². The predicted octanol–water partition coefficient (Wildman–Crippen LogP) is 4.20. The fourth-order valence-electron chi connectivity index (χ4n) is 2.02. The minimum atomic E-state index is 0.325. The van der Waals surface area contributed by atoms with Gasteiger partial charge in [0.1, 0.15) is 12.4 Å². The smallest absolute Gasteiger partial charge is 0.153 e. The lowest BCUT2D eigenvalue weighted by Crippen LogP contribution is -2.02. The number of hydrogen-bond donors (Lipinski definition) is 0. The van der Waals surface area contributed by atoms with Gasteiger partial charge in [0.15, 0.2) is 6.29 Å². The van der Waals surface area contributed by atoms with Crippen LogP contribution in [0.1, 0.15) is 41.3 Å². The van der Waals surface area contributed by atoms with E-state index in [1.165, 1.54) is 0 Å². The van der Waals surface area contributed by atoms with Crippen LogP contribution in [0, 0.1) is 0 Å². The maximum absolute atomic E-state index is 11.1. The molecule has 0 bridgehead atoms. The number of carbonyl (C=O) groups excluding carboxylic acids is 1. The average Bonchev–Trinajstić information content (AvgIpc) is 2.45. The van der Waals surface area contributed by atoms with Crippen molar-refractivity contribution >= 4 is 6.29 Å². The number of hydrogen-bond acceptors (Lipinski definition) is 2. The molecule has 0 aliphatic carbocycles. The van der Waals surface area contributed by atoms with Gasteiger partial charge in [-0.1, -0.05) is 56.3 Å². The van der Waals surface area contributed by atoms with Crippen molar-refractivity contribution in [3.05, 3.63) is 65.2 Å². The molecule has 0 N–H and O–H groups in total. The van der Waals surface area contributed by atoms with Crippen LogP contribution in [0.15, 0.2) is 48.5 Å². The largest absolute Gasteiger partial charge is 0.488 e. The standard InChI is InChI=1S/C17H18O2/c1-13(2)16-10-6-9-15(11-18)17(16)19-12-14-7-4-3-5-8-14/h3-11,13H,12H2,1-2H3. The van der Waals surface area contributed by atoms with E-state index < -0.39 is 0 Å². The molecule has 2 aromatic carbocycles. The molecule has 98 valence electrons. The van der Waals surface area contributed by atoms with E-state index in [1.54, 1.807) is 6.07 Å². The van der Waals surface area contributed by atoms with Crippen LogP contribution in [0.25, 0.3) is 0 Å². The highest BCUT2D eigenvalue weighted by Gasteiger charge is 2.12. The maximum Gasteiger partial charge on any atom is 0.153 e. The fraction of sp³-hybridized carbons (Fsp3) is 0.235. The normalized spacial score (nSPS) is 10.5. The second kappa shape index (κ2) is 6.19. The zero-order valence-corrected chi connectivity index (χ0v) is 11.3. The summed E-state index contributed by atoms with van der Waals surface area (Å²) >= 11 is 0. The summed E-state index contributed by atoms with van der Waals surface area (Å²) in [5, 5.41) is 0. The van der Waals surface area contributed by atoms with Crippen LogP contribution in [0.2, 0.25) is 0 Å². The Hall–Kier alpha value is -2.09. The van der Waals surface area contributed by atoms with Crippen molar-refractivity contribution in [1.82, 2.24) is 0 Å². The molecule has 0 unspecified atom stereocenters. The zero-order chi connectivity index (χ0) is 13.7. The first kappa shape index (κ1) is 13.3. The van der Waals surface area contributed by atoms with Crippen LogP contribution in [0.4, 0.5) is 0 Å². The van der Waals surface area contributed by atoms with Gasteiger partial charge in [0.2, 0.25) is 0 Å². The van der Waals surface area contributed by atoms with Gasteiger partial charge in [-0.05, 0) is 23.1 Å². The van der Waals surface area contributed by atoms with E-state index in [0.29, 0.717) is 23.8 Å². The molecular formula is C17H18O2. The van der Waals surface area contributed by atoms with Gasteiger partial charge in [0.05, 0.1) is 5.56 Å². The Labute approximate surface area is 114 Å². The van der Waals surface area contributed by atoms with Gasteiger partial charge in [-0.25, -0.2) is 0 Å². The van der Waals surface area contributed by atoms with E-state index in [9.17, 15) is 4.79 Å². The van der Waals surface area contributed by atoms with Crippen molar-refractivity contribution in [3.8, 4) is 5.75 Å². The molecule has 2 heteroatoms. The second-order valence-electron chi connectivity index (χ2n) is 4.81. The fourth-order valence-corrected chi connectivity index (χ4v) is 2.02. The summed E-state index contributed by atoms with van der Waals surface area (Å²) in [4.78, 5) is 11.1. The van der Waals surface area contributed by atoms with Crippen LogP contribution in [0.5, 0.6) is 5.75 Å². The Morgan fingerprint density at radius 2 is 1.79 bits per heavy atom. The maximum atomic E-state index is 11.1. The highest BCUT2D eigenvalue weighted by Crippen LogP contribution is 2.29. The Bertz CT molecular complexity index is 544. The molecule has 0 aromatic heterocycles. The molecule has 0 aliphatic rings. The molecule has 0 heterocycles. The van der Waals surface area contributed by atoms with Gasteiger partial charge >= 0.3 is 0 Å². The van der Waals surface area contributed by atoms with Crippen LogP contribution in [-0.4, -0.2) is 6.29 Å². The minimum absolute atomic E-state index is 0.325. The quantitative estimate of drug-likeness (QED) is 0.747. The summed E-state index contributed by atoms with van der Waals surface area (Å²) in [5.41, 5.74) is 2.78. The first-order valence-corrected chi connectivity index (χ1v) is 6.47.